The molecule has 1 heterocycles. The van der Waals surface area contributed by atoms with Crippen molar-refractivity contribution in [3.8, 4) is 5.75 Å². The van der Waals surface area contributed by atoms with E-state index in [0.29, 0.717) is 0 Å². The van der Waals surface area contributed by atoms with Crippen molar-refractivity contribution in [3.05, 3.63) is 59.4 Å². The van der Waals surface area contributed by atoms with Crippen molar-refractivity contribution in [1.82, 2.24) is 0 Å². The molecule has 1 aliphatic heterocycles. The lowest BCUT2D eigenvalue weighted by atomic mass is 10.1. The topological polar surface area (TPSA) is 47.2 Å². The molecule has 0 unspecified atom stereocenters. The molecule has 0 aromatic heterocycles. The van der Waals surface area contributed by atoms with Crippen LogP contribution in [0.25, 0.3) is 0 Å². The molecule has 1 amide bonds. The third-order valence-corrected chi connectivity index (χ3v) is 5.91. The predicted molar refractivity (Wildman–Crippen MR) is 112 cm³/mol. The average Bonchev–Trinajstić information content (AvgIpc) is 2.74. The molecule has 6 heteroatoms. The first kappa shape index (κ1) is 21.3. The summed E-state index contributed by atoms with van der Waals surface area (Å²) in [6, 6.07) is 13.1. The van der Waals surface area contributed by atoms with Gasteiger partial charge < -0.3 is 19.9 Å². The lowest BCUT2D eigenvalue weighted by Crippen LogP contribution is -3.29. The summed E-state index contributed by atoms with van der Waals surface area (Å²) >= 11 is 0. The van der Waals surface area contributed by atoms with Gasteiger partial charge in [-0.05, 0) is 49.2 Å². The smallest absolute Gasteiger partial charge is 0.282 e. The van der Waals surface area contributed by atoms with Crippen LogP contribution in [-0.4, -0.2) is 45.2 Å². The van der Waals surface area contributed by atoms with Crippen LogP contribution in [0.5, 0.6) is 5.75 Å². The molecule has 1 aliphatic rings. The fourth-order valence-corrected chi connectivity index (χ4v) is 3.90. The minimum atomic E-state index is -0.314. The summed E-state index contributed by atoms with van der Waals surface area (Å²) in [5.41, 5.74) is 3.09. The van der Waals surface area contributed by atoms with Crippen LogP contribution in [-0.2, 0) is 17.8 Å². The quantitative estimate of drug-likeness (QED) is 0.640. The third kappa shape index (κ3) is 5.55. The minimum absolute atomic E-state index is 0.0601. The fraction of sp³-hybridized carbons (Fsp3) is 0.435. The fourth-order valence-electron chi connectivity index (χ4n) is 3.90. The molecule has 0 saturated carbocycles. The van der Waals surface area contributed by atoms with E-state index in [-0.39, 0.29) is 23.5 Å². The zero-order chi connectivity index (χ0) is 20.8. The highest BCUT2D eigenvalue weighted by molar-refractivity contribution is 5.93. The molecule has 29 heavy (non-hydrogen) atoms. The molecule has 2 aromatic carbocycles. The van der Waals surface area contributed by atoms with Crippen LogP contribution in [0.2, 0.25) is 0 Å². The Morgan fingerprint density at radius 1 is 1.10 bits per heavy atom. The maximum Gasteiger partial charge on any atom is 0.282 e. The molecule has 1 atom stereocenters. The number of rotatable bonds is 7. The molecule has 2 aromatic rings. The second-order valence-corrected chi connectivity index (χ2v) is 7.82. The van der Waals surface area contributed by atoms with Crippen LogP contribution < -0.4 is 19.9 Å². The minimum Gasteiger partial charge on any atom is -0.494 e. The number of piperazine rings is 1. The zero-order valence-corrected chi connectivity index (χ0v) is 17.6. The van der Waals surface area contributed by atoms with E-state index in [4.69, 9.17) is 4.74 Å². The monoisotopic (exact) mass is 401 g/mol. The van der Waals surface area contributed by atoms with Crippen LogP contribution in [0.4, 0.5) is 10.1 Å². The molecule has 0 radical (unpaired) electrons. The van der Waals surface area contributed by atoms with Gasteiger partial charge in [0.15, 0.2) is 17.6 Å². The second-order valence-electron chi connectivity index (χ2n) is 7.82. The normalized spacial score (nSPS) is 20.1. The summed E-state index contributed by atoms with van der Waals surface area (Å²) in [5, 5.41) is 3.04. The number of carbonyl (C=O) groups excluding carboxylic acids is 1. The van der Waals surface area contributed by atoms with Crippen molar-refractivity contribution in [2.45, 2.75) is 32.9 Å². The van der Waals surface area contributed by atoms with Crippen molar-refractivity contribution < 1.29 is 23.7 Å². The molecule has 1 fully saturated rings. The van der Waals surface area contributed by atoms with Crippen LogP contribution >= 0.6 is 0 Å². The summed E-state index contributed by atoms with van der Waals surface area (Å²) in [5.74, 6) is 0.0260. The van der Waals surface area contributed by atoms with E-state index in [2.05, 4.69) is 24.4 Å². The van der Waals surface area contributed by atoms with Crippen molar-refractivity contribution in [1.29, 1.82) is 0 Å². The van der Waals surface area contributed by atoms with E-state index < -0.39 is 0 Å². The summed E-state index contributed by atoms with van der Waals surface area (Å²) in [4.78, 5) is 15.4. The Morgan fingerprint density at radius 2 is 1.76 bits per heavy atom. The Bertz CT molecular complexity index is 817. The van der Waals surface area contributed by atoms with Crippen molar-refractivity contribution in [2.24, 2.45) is 0 Å². The first-order chi connectivity index (χ1) is 14.0. The van der Waals surface area contributed by atoms with Crippen LogP contribution in [0.3, 0.4) is 0 Å². The van der Waals surface area contributed by atoms with Crippen LogP contribution in [0.15, 0.2) is 42.5 Å². The molecule has 5 nitrogen and oxygen atoms in total. The SMILES string of the molecule is CCc1ccc(NC(=O)[C@@H](C)[NH+]2CC[NH+](Cc3ccc(OC)c(F)c3)CC2)cc1. The largest absolute Gasteiger partial charge is 0.494 e. The van der Waals surface area contributed by atoms with Gasteiger partial charge in [-0.1, -0.05) is 19.1 Å². The van der Waals surface area contributed by atoms with Crippen molar-refractivity contribution in [3.63, 3.8) is 0 Å². The predicted octanol–water partition coefficient (Wildman–Crippen LogP) is 0.707. The average molecular weight is 402 g/mol. The molecule has 1 saturated heterocycles. The number of carbonyl (C=O) groups is 1. The van der Waals surface area contributed by atoms with Gasteiger partial charge in [0.2, 0.25) is 0 Å². The Labute approximate surface area is 172 Å². The molecule has 3 N–H and O–H groups in total. The molecule has 156 valence electrons. The highest BCUT2D eigenvalue weighted by Gasteiger charge is 2.31. The van der Waals surface area contributed by atoms with Crippen LogP contribution in [0.1, 0.15) is 25.0 Å². The van der Waals surface area contributed by atoms with Gasteiger partial charge in [0, 0.05) is 11.3 Å². The number of amides is 1. The standard InChI is InChI=1S/C23H30FN3O2/c1-4-18-5-8-20(9-6-18)25-23(28)17(2)27-13-11-26(12-14-27)16-19-7-10-22(29-3)21(24)15-19/h5-10,15,17H,4,11-14,16H2,1-3H3,(H,25,28)/p+2/t17-/m1/s1. The molecule has 0 bridgehead atoms. The number of nitrogens with one attached hydrogen (secondary N) is 3. The van der Waals surface area contributed by atoms with E-state index >= 15 is 0 Å². The number of quaternary nitrogens is 2. The summed E-state index contributed by atoms with van der Waals surface area (Å²) in [6.07, 6.45) is 0.991. The number of aryl methyl sites for hydroxylation is 1. The summed E-state index contributed by atoms with van der Waals surface area (Å²) in [6.45, 7) is 8.69. The Morgan fingerprint density at radius 3 is 2.34 bits per heavy atom. The number of benzene rings is 2. The zero-order valence-electron chi connectivity index (χ0n) is 17.6. The van der Waals surface area contributed by atoms with Gasteiger partial charge in [-0.2, -0.15) is 0 Å². The van der Waals surface area contributed by atoms with Gasteiger partial charge in [0.25, 0.3) is 5.91 Å². The Kier molecular flexibility index (Phi) is 7.23. The van der Waals surface area contributed by atoms with Gasteiger partial charge in [-0.25, -0.2) is 4.39 Å². The maximum atomic E-state index is 13.9. The van der Waals surface area contributed by atoms with E-state index in [0.717, 1.165) is 50.4 Å². The van der Waals surface area contributed by atoms with Crippen molar-refractivity contribution >= 4 is 11.6 Å². The highest BCUT2D eigenvalue weighted by Crippen LogP contribution is 2.17. The molecule has 0 aliphatic carbocycles. The lowest BCUT2D eigenvalue weighted by Gasteiger charge is -2.32. The van der Waals surface area contributed by atoms with E-state index in [1.54, 1.807) is 12.1 Å². The second kappa shape index (κ2) is 9.85. The first-order valence-electron chi connectivity index (χ1n) is 10.4. The highest BCUT2D eigenvalue weighted by atomic mass is 19.1. The summed E-state index contributed by atoms with van der Waals surface area (Å²) < 4.78 is 18.9. The van der Waals surface area contributed by atoms with Gasteiger partial charge in [-0.3, -0.25) is 4.79 Å². The maximum absolute atomic E-state index is 13.9. The summed E-state index contributed by atoms with van der Waals surface area (Å²) in [7, 11) is 1.48. The first-order valence-corrected chi connectivity index (χ1v) is 10.4. The van der Waals surface area contributed by atoms with Gasteiger partial charge in [0.1, 0.15) is 32.7 Å². The number of halogens is 1. The van der Waals surface area contributed by atoms with Crippen LogP contribution in [0, 0.1) is 5.82 Å². The lowest BCUT2D eigenvalue weighted by molar-refractivity contribution is -1.02. The Balaban J connectivity index is 1.48. The molecule has 3 rings (SSSR count). The molecule has 0 spiro atoms. The van der Waals surface area contributed by atoms with E-state index in [1.807, 2.05) is 25.1 Å². The number of ether oxygens (including phenoxy) is 1. The van der Waals surface area contributed by atoms with E-state index in [1.165, 1.54) is 22.5 Å². The number of methoxy groups -OCH3 is 1. The third-order valence-electron chi connectivity index (χ3n) is 5.91. The molecular formula is C23H32FN3O2+2. The number of hydrogen-bond donors (Lipinski definition) is 3. The van der Waals surface area contributed by atoms with Gasteiger partial charge in [0.05, 0.1) is 7.11 Å². The molecular weight excluding hydrogens is 369 g/mol. The van der Waals surface area contributed by atoms with Crippen molar-refractivity contribution in [2.75, 3.05) is 38.6 Å². The Hall–Kier alpha value is -2.44. The number of anilines is 1. The van der Waals surface area contributed by atoms with E-state index in [9.17, 15) is 9.18 Å². The number of hydrogen-bond acceptors (Lipinski definition) is 2. The van der Waals surface area contributed by atoms with Gasteiger partial charge >= 0.3 is 0 Å². The van der Waals surface area contributed by atoms with Gasteiger partial charge in [-0.15, -0.1) is 0 Å².